The number of rotatable bonds is 13. The van der Waals surface area contributed by atoms with Crippen molar-refractivity contribution in [1.29, 1.82) is 0 Å². The number of aryl methyl sites for hydroxylation is 2. The molecule has 0 aliphatic heterocycles. The van der Waals surface area contributed by atoms with Gasteiger partial charge in [-0.2, -0.15) is 0 Å². The van der Waals surface area contributed by atoms with E-state index in [1.807, 2.05) is 24.3 Å². The van der Waals surface area contributed by atoms with E-state index < -0.39 is 0 Å². The number of unbranched alkanes of at least 4 members (excludes halogenated alkanes) is 2. The molecule has 0 N–H and O–H groups in total. The minimum atomic E-state index is -0.227. The Morgan fingerprint density at radius 1 is 0.838 bits per heavy atom. The van der Waals surface area contributed by atoms with Crippen molar-refractivity contribution < 1.29 is 19.0 Å². The average Bonchev–Trinajstić information content (AvgIpc) is 2.92. The summed E-state index contributed by atoms with van der Waals surface area (Å²) >= 11 is 0. The molecule has 0 spiro atoms. The Morgan fingerprint density at radius 2 is 1.54 bits per heavy atom. The second-order valence-electron chi connectivity index (χ2n) is 8.57. The molecule has 2 aromatic carbocycles. The second kappa shape index (κ2) is 12.3. The summed E-state index contributed by atoms with van der Waals surface area (Å²) in [6.45, 7) is 1.73. The number of carbonyl (C=O) groups excluding carboxylic acids is 1. The fourth-order valence-electron chi connectivity index (χ4n) is 4.26. The number of benzene rings is 2. The molecule has 2 heterocycles. The number of fused-ring (bicyclic) bond motifs is 2. The molecule has 10 heteroatoms. The van der Waals surface area contributed by atoms with E-state index in [2.05, 4.69) is 9.97 Å². The summed E-state index contributed by atoms with van der Waals surface area (Å²) in [7, 11) is 3.16. The summed E-state index contributed by atoms with van der Waals surface area (Å²) in [4.78, 5) is 44.1. The van der Waals surface area contributed by atoms with Gasteiger partial charge in [-0.15, -0.1) is 0 Å². The first-order valence-electron chi connectivity index (χ1n) is 12.2. The molecule has 2 aromatic heterocycles. The lowest BCUT2D eigenvalue weighted by Crippen LogP contribution is -2.21. The average molecular weight is 507 g/mol. The number of carbonyl (C=O) groups is 1. The third kappa shape index (κ3) is 6.03. The number of aldehydes is 1. The number of ether oxygens (including phenoxy) is 3. The Balaban J connectivity index is 1.41. The van der Waals surface area contributed by atoms with Gasteiger partial charge in [0.2, 0.25) is 0 Å². The fourth-order valence-corrected chi connectivity index (χ4v) is 4.26. The van der Waals surface area contributed by atoms with E-state index in [1.165, 1.54) is 12.4 Å². The third-order valence-corrected chi connectivity index (χ3v) is 6.17. The molecule has 0 amide bonds. The van der Waals surface area contributed by atoms with Crippen molar-refractivity contribution in [3.63, 3.8) is 0 Å². The molecule has 0 radical (unpaired) electrons. The second-order valence-corrected chi connectivity index (χ2v) is 8.57. The zero-order valence-electron chi connectivity index (χ0n) is 21.0. The van der Waals surface area contributed by atoms with Crippen LogP contribution in [-0.4, -0.2) is 46.2 Å². The predicted octanol–water partition coefficient (Wildman–Crippen LogP) is 3.10. The molecule has 0 bridgehead atoms. The van der Waals surface area contributed by atoms with Crippen molar-refractivity contribution >= 4 is 28.4 Å². The van der Waals surface area contributed by atoms with E-state index in [0.717, 1.165) is 35.7 Å². The van der Waals surface area contributed by atoms with Crippen molar-refractivity contribution in [3.8, 4) is 11.5 Å². The van der Waals surface area contributed by atoms with Crippen LogP contribution in [0.15, 0.2) is 52.3 Å². The number of methoxy groups -OCH3 is 2. The molecule has 10 nitrogen and oxygen atoms in total. The van der Waals surface area contributed by atoms with Crippen LogP contribution in [0.1, 0.15) is 31.2 Å². The van der Waals surface area contributed by atoms with Gasteiger partial charge >= 0.3 is 0 Å². The molecular formula is C27H30N4O6. The van der Waals surface area contributed by atoms with E-state index in [1.54, 1.807) is 29.4 Å². The van der Waals surface area contributed by atoms with Gasteiger partial charge < -0.3 is 28.1 Å². The molecule has 0 atom stereocenters. The van der Waals surface area contributed by atoms with Crippen LogP contribution in [0.3, 0.4) is 0 Å². The lowest BCUT2D eigenvalue weighted by Gasteiger charge is -2.14. The van der Waals surface area contributed by atoms with Crippen LogP contribution < -0.4 is 20.6 Å². The fraction of sp³-hybridized carbons (Fsp3) is 0.370. The maximum atomic E-state index is 12.4. The van der Waals surface area contributed by atoms with E-state index in [9.17, 15) is 14.4 Å². The highest BCUT2D eigenvalue weighted by Crippen LogP contribution is 2.24. The Kier molecular flexibility index (Phi) is 8.63. The van der Waals surface area contributed by atoms with E-state index in [0.29, 0.717) is 61.7 Å². The van der Waals surface area contributed by atoms with Gasteiger partial charge in [0.05, 0.1) is 55.3 Å². The highest BCUT2D eigenvalue weighted by atomic mass is 16.5. The highest BCUT2D eigenvalue weighted by Gasteiger charge is 2.12. The SMILES string of the molecule is COc1ccc2ncc(=O)n(CCCCOCc3cc(OC)cc4c3ncc(=O)n4CCCC=O)c2c1. The summed E-state index contributed by atoms with van der Waals surface area (Å²) in [6, 6.07) is 9.10. The van der Waals surface area contributed by atoms with Crippen LogP contribution >= 0.6 is 0 Å². The van der Waals surface area contributed by atoms with Crippen LogP contribution in [-0.2, 0) is 29.2 Å². The highest BCUT2D eigenvalue weighted by molar-refractivity contribution is 5.80. The van der Waals surface area contributed by atoms with Crippen molar-refractivity contribution in [2.45, 2.75) is 45.4 Å². The molecule has 37 heavy (non-hydrogen) atoms. The minimum absolute atomic E-state index is 0.158. The summed E-state index contributed by atoms with van der Waals surface area (Å²) in [5.41, 5.74) is 3.21. The first kappa shape index (κ1) is 26.0. The summed E-state index contributed by atoms with van der Waals surface area (Å²) in [6.07, 6.45) is 5.91. The Labute approximate surface area is 213 Å². The Bertz CT molecular complexity index is 1510. The van der Waals surface area contributed by atoms with E-state index in [-0.39, 0.29) is 11.1 Å². The van der Waals surface area contributed by atoms with Crippen LogP contribution in [0.5, 0.6) is 11.5 Å². The van der Waals surface area contributed by atoms with Gasteiger partial charge in [-0.25, -0.2) is 9.97 Å². The monoisotopic (exact) mass is 506 g/mol. The number of aromatic nitrogens is 4. The van der Waals surface area contributed by atoms with Crippen LogP contribution in [0, 0.1) is 0 Å². The summed E-state index contributed by atoms with van der Waals surface area (Å²) in [5.74, 6) is 1.27. The Hall–Kier alpha value is -4.05. The molecular weight excluding hydrogens is 476 g/mol. The normalized spacial score (nSPS) is 11.2. The summed E-state index contributed by atoms with van der Waals surface area (Å²) in [5, 5.41) is 0. The zero-order chi connectivity index (χ0) is 26.2. The van der Waals surface area contributed by atoms with E-state index in [4.69, 9.17) is 14.2 Å². The molecule has 0 unspecified atom stereocenters. The maximum absolute atomic E-state index is 12.4. The first-order valence-corrected chi connectivity index (χ1v) is 12.2. The van der Waals surface area contributed by atoms with Crippen LogP contribution in [0.2, 0.25) is 0 Å². The smallest absolute Gasteiger partial charge is 0.269 e. The van der Waals surface area contributed by atoms with Gasteiger partial charge in [0, 0.05) is 43.8 Å². The molecule has 0 saturated heterocycles. The van der Waals surface area contributed by atoms with Crippen LogP contribution in [0.25, 0.3) is 22.1 Å². The van der Waals surface area contributed by atoms with Crippen molar-refractivity contribution in [3.05, 3.63) is 69.0 Å². The number of nitrogens with zero attached hydrogens (tertiary/aromatic N) is 4. The van der Waals surface area contributed by atoms with Crippen LogP contribution in [0.4, 0.5) is 0 Å². The number of hydrogen-bond acceptors (Lipinski definition) is 8. The minimum Gasteiger partial charge on any atom is -0.497 e. The zero-order valence-corrected chi connectivity index (χ0v) is 21.0. The molecule has 0 aliphatic carbocycles. The molecule has 4 rings (SSSR count). The van der Waals surface area contributed by atoms with Crippen molar-refractivity contribution in [2.24, 2.45) is 0 Å². The lowest BCUT2D eigenvalue weighted by atomic mass is 10.1. The molecule has 4 aromatic rings. The van der Waals surface area contributed by atoms with Gasteiger partial charge in [-0.1, -0.05) is 0 Å². The van der Waals surface area contributed by atoms with Crippen molar-refractivity contribution in [2.75, 3.05) is 20.8 Å². The van der Waals surface area contributed by atoms with Gasteiger partial charge in [-0.3, -0.25) is 9.59 Å². The topological polar surface area (TPSA) is 115 Å². The van der Waals surface area contributed by atoms with Gasteiger partial charge in [0.15, 0.2) is 0 Å². The van der Waals surface area contributed by atoms with E-state index >= 15 is 0 Å². The molecule has 194 valence electrons. The number of hydrogen-bond donors (Lipinski definition) is 0. The summed E-state index contributed by atoms with van der Waals surface area (Å²) < 4.78 is 20.0. The van der Waals surface area contributed by atoms with Gasteiger partial charge in [0.1, 0.15) is 17.8 Å². The predicted molar refractivity (Wildman–Crippen MR) is 139 cm³/mol. The van der Waals surface area contributed by atoms with Gasteiger partial charge in [-0.05, 0) is 37.5 Å². The molecule has 0 saturated carbocycles. The largest absolute Gasteiger partial charge is 0.497 e. The lowest BCUT2D eigenvalue weighted by molar-refractivity contribution is -0.107. The molecule has 0 fully saturated rings. The quantitative estimate of drug-likeness (QED) is 0.201. The van der Waals surface area contributed by atoms with Crippen molar-refractivity contribution in [1.82, 2.24) is 19.1 Å². The first-order chi connectivity index (χ1) is 18.0. The Morgan fingerprint density at radius 3 is 2.30 bits per heavy atom. The van der Waals surface area contributed by atoms with Gasteiger partial charge in [0.25, 0.3) is 11.1 Å². The maximum Gasteiger partial charge on any atom is 0.269 e. The third-order valence-electron chi connectivity index (χ3n) is 6.17. The standard InChI is InChI=1S/C27H30N4O6/c1-35-20-7-8-22-23(14-20)30(25(33)16-28-22)10-4-6-12-37-18-19-13-21(36-2)15-24-27(19)29-17-26(34)31(24)9-3-5-11-32/h7-8,11,13-17H,3-6,9-10,12,18H2,1-2H3. The molecule has 0 aliphatic rings.